The summed E-state index contributed by atoms with van der Waals surface area (Å²) in [6.45, 7) is 1.50. The molecule has 0 aliphatic rings. The molecule has 4 N–H and O–H groups in total. The Morgan fingerprint density at radius 1 is 1.17 bits per heavy atom. The summed E-state index contributed by atoms with van der Waals surface area (Å²) in [5.41, 5.74) is 8.37. The number of amides is 2. The van der Waals surface area contributed by atoms with E-state index < -0.39 is 6.03 Å². The zero-order chi connectivity index (χ0) is 17.1. The molecule has 0 bridgehead atoms. The van der Waals surface area contributed by atoms with Crippen molar-refractivity contribution in [1.82, 2.24) is 20.6 Å². The maximum absolute atomic E-state index is 11.6. The number of hydrogen-bond donors (Lipinski definition) is 3. The van der Waals surface area contributed by atoms with Gasteiger partial charge >= 0.3 is 6.03 Å². The van der Waals surface area contributed by atoms with E-state index in [4.69, 9.17) is 5.73 Å². The van der Waals surface area contributed by atoms with Gasteiger partial charge < -0.3 is 11.1 Å². The van der Waals surface area contributed by atoms with Gasteiger partial charge in [0.05, 0.1) is 11.3 Å². The number of H-pyrrole nitrogens is 1. The maximum Gasteiger partial charge on any atom is 0.316 e. The van der Waals surface area contributed by atoms with Crippen LogP contribution >= 0.6 is 0 Å². The maximum atomic E-state index is 11.6. The van der Waals surface area contributed by atoms with Gasteiger partial charge in [0.25, 0.3) is 0 Å². The van der Waals surface area contributed by atoms with Crippen molar-refractivity contribution in [3.05, 3.63) is 48.0 Å². The van der Waals surface area contributed by atoms with Crippen molar-refractivity contribution >= 4 is 17.5 Å². The second-order valence-corrected chi connectivity index (χ2v) is 5.09. The van der Waals surface area contributed by atoms with Crippen LogP contribution in [0.15, 0.2) is 42.5 Å². The van der Waals surface area contributed by atoms with E-state index in [9.17, 15) is 9.59 Å². The Morgan fingerprint density at radius 3 is 2.62 bits per heavy atom. The summed E-state index contributed by atoms with van der Waals surface area (Å²) >= 11 is 0. The minimum Gasteiger partial charge on any atom is -0.351 e. The first-order valence-electron chi connectivity index (χ1n) is 7.11. The van der Waals surface area contributed by atoms with Crippen molar-refractivity contribution in [3.63, 3.8) is 0 Å². The SMILES string of the molecule is CC(=O)c1cccc(-c2cccc(NC(N)=O)c2-c2nn[nH]n2)c1. The predicted molar refractivity (Wildman–Crippen MR) is 88.3 cm³/mol. The first-order chi connectivity index (χ1) is 11.6. The Hall–Kier alpha value is -3.55. The third-order valence-corrected chi connectivity index (χ3v) is 3.47. The molecule has 1 heterocycles. The number of primary amides is 1. The third kappa shape index (κ3) is 2.98. The van der Waals surface area contributed by atoms with E-state index in [-0.39, 0.29) is 5.78 Å². The van der Waals surface area contributed by atoms with Crippen molar-refractivity contribution in [2.24, 2.45) is 5.73 Å². The Kier molecular flexibility index (Phi) is 4.02. The molecular weight excluding hydrogens is 308 g/mol. The van der Waals surface area contributed by atoms with Gasteiger partial charge in [-0.2, -0.15) is 5.21 Å². The number of carbonyl (C=O) groups excluding carboxylic acids is 2. The molecule has 0 saturated heterocycles. The molecule has 8 heteroatoms. The Bertz CT molecular complexity index is 905. The lowest BCUT2D eigenvalue weighted by atomic mass is 9.95. The van der Waals surface area contributed by atoms with Gasteiger partial charge in [0.1, 0.15) is 0 Å². The molecule has 0 aliphatic carbocycles. The number of nitrogens with one attached hydrogen (secondary N) is 2. The summed E-state index contributed by atoms with van der Waals surface area (Å²) < 4.78 is 0. The molecule has 2 aromatic carbocycles. The van der Waals surface area contributed by atoms with Crippen LogP contribution in [0.25, 0.3) is 22.5 Å². The number of benzene rings is 2. The molecule has 24 heavy (non-hydrogen) atoms. The number of carbonyl (C=O) groups is 2. The summed E-state index contributed by atoms with van der Waals surface area (Å²) in [4.78, 5) is 22.9. The van der Waals surface area contributed by atoms with Crippen LogP contribution in [0.3, 0.4) is 0 Å². The van der Waals surface area contributed by atoms with E-state index in [1.54, 1.807) is 30.3 Å². The fourth-order valence-electron chi connectivity index (χ4n) is 2.44. The minimum atomic E-state index is -0.700. The molecule has 0 unspecified atom stereocenters. The molecule has 0 aliphatic heterocycles. The zero-order valence-electron chi connectivity index (χ0n) is 12.8. The number of Topliss-reactive ketones (excluding diaryl/α,β-unsaturated/α-hetero) is 1. The molecule has 2 amide bonds. The van der Waals surface area contributed by atoms with Crippen molar-refractivity contribution in [2.45, 2.75) is 6.92 Å². The number of aromatic nitrogens is 4. The second-order valence-electron chi connectivity index (χ2n) is 5.09. The van der Waals surface area contributed by atoms with Crippen LogP contribution in [0.5, 0.6) is 0 Å². The summed E-state index contributed by atoms with van der Waals surface area (Å²) in [6, 6.07) is 11.8. The molecule has 120 valence electrons. The van der Waals surface area contributed by atoms with Crippen LogP contribution in [0.4, 0.5) is 10.5 Å². The van der Waals surface area contributed by atoms with Crippen LogP contribution in [-0.4, -0.2) is 32.4 Å². The normalized spacial score (nSPS) is 10.4. The number of aromatic amines is 1. The van der Waals surface area contributed by atoms with Crippen molar-refractivity contribution < 1.29 is 9.59 Å². The van der Waals surface area contributed by atoms with Crippen LogP contribution < -0.4 is 11.1 Å². The average Bonchev–Trinajstić information content (AvgIpc) is 3.08. The monoisotopic (exact) mass is 322 g/mol. The predicted octanol–water partition coefficient (Wildman–Crippen LogP) is 2.23. The highest BCUT2D eigenvalue weighted by Crippen LogP contribution is 2.36. The number of tetrazole rings is 1. The number of urea groups is 1. The lowest BCUT2D eigenvalue weighted by Crippen LogP contribution is -2.20. The van der Waals surface area contributed by atoms with Gasteiger partial charge in [-0.25, -0.2) is 4.79 Å². The highest BCUT2D eigenvalue weighted by molar-refractivity contribution is 5.99. The molecule has 0 fully saturated rings. The largest absolute Gasteiger partial charge is 0.351 e. The van der Waals surface area contributed by atoms with E-state index >= 15 is 0 Å². The zero-order valence-corrected chi connectivity index (χ0v) is 12.8. The second kappa shape index (κ2) is 6.29. The number of nitrogens with zero attached hydrogens (tertiary/aromatic N) is 3. The summed E-state index contributed by atoms with van der Waals surface area (Å²) in [5, 5.41) is 16.5. The van der Waals surface area contributed by atoms with Gasteiger partial charge in [0.15, 0.2) is 5.78 Å². The molecule has 3 rings (SSSR count). The van der Waals surface area contributed by atoms with Gasteiger partial charge in [-0.15, -0.1) is 10.2 Å². The van der Waals surface area contributed by atoms with Crippen molar-refractivity contribution in [1.29, 1.82) is 0 Å². The molecule has 1 aromatic heterocycles. The molecule has 0 atom stereocenters. The number of anilines is 1. The molecule has 0 saturated carbocycles. The van der Waals surface area contributed by atoms with Crippen molar-refractivity contribution in [2.75, 3.05) is 5.32 Å². The fraction of sp³-hybridized carbons (Fsp3) is 0.0625. The lowest BCUT2D eigenvalue weighted by Gasteiger charge is -2.13. The highest BCUT2D eigenvalue weighted by atomic mass is 16.2. The fourth-order valence-corrected chi connectivity index (χ4v) is 2.44. The number of ketones is 1. The Balaban J connectivity index is 2.23. The van der Waals surface area contributed by atoms with Crippen LogP contribution in [-0.2, 0) is 0 Å². The summed E-state index contributed by atoms with van der Waals surface area (Å²) in [5.74, 6) is 0.270. The van der Waals surface area contributed by atoms with E-state index in [1.807, 2.05) is 12.1 Å². The number of hydrogen-bond acceptors (Lipinski definition) is 5. The lowest BCUT2D eigenvalue weighted by molar-refractivity contribution is 0.101. The standard InChI is InChI=1S/C16H14N6O2/c1-9(23)10-4-2-5-11(8-10)12-6-3-7-13(18-16(17)24)14(12)15-19-21-22-20-15/h2-8H,1H3,(H3,17,18,24)(H,19,20,21,22). The third-order valence-electron chi connectivity index (χ3n) is 3.47. The van der Waals surface area contributed by atoms with Crippen LogP contribution in [0, 0.1) is 0 Å². The van der Waals surface area contributed by atoms with Crippen molar-refractivity contribution in [3.8, 4) is 22.5 Å². The van der Waals surface area contributed by atoms with Crippen LogP contribution in [0.2, 0.25) is 0 Å². The quantitative estimate of drug-likeness (QED) is 0.635. The first-order valence-corrected chi connectivity index (χ1v) is 7.11. The molecule has 3 aromatic rings. The molecule has 0 spiro atoms. The topological polar surface area (TPSA) is 127 Å². The first kappa shape index (κ1) is 15.3. The van der Waals surface area contributed by atoms with Crippen LogP contribution in [0.1, 0.15) is 17.3 Å². The highest BCUT2D eigenvalue weighted by Gasteiger charge is 2.17. The summed E-state index contributed by atoms with van der Waals surface area (Å²) in [7, 11) is 0. The number of nitrogens with two attached hydrogens (primary N) is 1. The number of rotatable bonds is 4. The molecular formula is C16H14N6O2. The van der Waals surface area contributed by atoms with E-state index in [1.165, 1.54) is 6.92 Å². The molecule has 0 radical (unpaired) electrons. The van der Waals surface area contributed by atoms with Gasteiger partial charge in [0.2, 0.25) is 5.82 Å². The van der Waals surface area contributed by atoms with Gasteiger partial charge in [-0.05, 0) is 35.4 Å². The Labute approximate surface area is 137 Å². The summed E-state index contributed by atoms with van der Waals surface area (Å²) in [6.07, 6.45) is 0. The van der Waals surface area contributed by atoms with Gasteiger partial charge in [-0.1, -0.05) is 30.3 Å². The Morgan fingerprint density at radius 2 is 1.96 bits per heavy atom. The van der Waals surface area contributed by atoms with Gasteiger partial charge in [0, 0.05) is 5.56 Å². The van der Waals surface area contributed by atoms with E-state index in [0.717, 1.165) is 11.1 Å². The minimum absolute atomic E-state index is 0.0376. The van der Waals surface area contributed by atoms with E-state index in [0.29, 0.717) is 22.6 Å². The average molecular weight is 322 g/mol. The smallest absolute Gasteiger partial charge is 0.316 e. The van der Waals surface area contributed by atoms with Gasteiger partial charge in [-0.3, -0.25) is 4.79 Å². The molecule has 8 nitrogen and oxygen atoms in total. The van der Waals surface area contributed by atoms with E-state index in [2.05, 4.69) is 25.9 Å².